The first kappa shape index (κ1) is 18.8. The van der Waals surface area contributed by atoms with Crippen LogP contribution in [0.3, 0.4) is 0 Å². The Hall–Kier alpha value is -2.03. The number of carbonyl (C=O) groups excluding carboxylic acids is 1. The van der Waals surface area contributed by atoms with Gasteiger partial charge >= 0.3 is 0 Å². The molecule has 2 atom stereocenters. The van der Waals surface area contributed by atoms with Crippen LogP contribution >= 0.6 is 11.3 Å². The van der Waals surface area contributed by atoms with Crippen LogP contribution in [0.15, 0.2) is 23.6 Å². The van der Waals surface area contributed by atoms with Crippen molar-refractivity contribution in [2.24, 2.45) is 0 Å². The number of aromatic nitrogens is 1. The summed E-state index contributed by atoms with van der Waals surface area (Å²) in [5, 5.41) is 5.14. The Kier molecular flexibility index (Phi) is 5.85. The summed E-state index contributed by atoms with van der Waals surface area (Å²) in [6.45, 7) is 6.54. The molecule has 0 aliphatic carbocycles. The van der Waals surface area contributed by atoms with E-state index in [1.807, 2.05) is 5.38 Å². The molecule has 8 heteroatoms. The van der Waals surface area contributed by atoms with Crippen molar-refractivity contribution in [3.8, 4) is 5.75 Å². The van der Waals surface area contributed by atoms with Crippen LogP contribution in [0.5, 0.6) is 5.75 Å². The molecule has 1 aromatic heterocycles. The summed E-state index contributed by atoms with van der Waals surface area (Å²) in [5.74, 6) is -0.872. The number of hydrogen-bond acceptors (Lipinski definition) is 6. The molecule has 0 bridgehead atoms. The molecule has 6 nitrogen and oxygen atoms in total. The van der Waals surface area contributed by atoms with E-state index in [1.165, 1.54) is 30.6 Å². The van der Waals surface area contributed by atoms with Crippen molar-refractivity contribution in [2.45, 2.75) is 32.6 Å². The van der Waals surface area contributed by atoms with E-state index in [0.717, 1.165) is 24.8 Å². The van der Waals surface area contributed by atoms with Crippen molar-refractivity contribution >= 4 is 22.4 Å². The fourth-order valence-electron chi connectivity index (χ4n) is 3.06. The van der Waals surface area contributed by atoms with E-state index in [4.69, 9.17) is 9.47 Å². The number of ether oxygens (including phenoxy) is 2. The molecule has 1 aromatic carbocycles. The third-order valence-corrected chi connectivity index (χ3v) is 4.87. The normalized spacial score (nSPS) is 20.8. The highest BCUT2D eigenvalue weighted by atomic mass is 32.1. The molecule has 1 saturated heterocycles. The van der Waals surface area contributed by atoms with E-state index in [-0.39, 0.29) is 23.5 Å². The Morgan fingerprint density at radius 1 is 1.42 bits per heavy atom. The van der Waals surface area contributed by atoms with Crippen LogP contribution in [0, 0.1) is 5.82 Å². The smallest absolute Gasteiger partial charge is 0.257 e. The largest absolute Gasteiger partial charge is 0.494 e. The van der Waals surface area contributed by atoms with Crippen molar-refractivity contribution in [3.63, 3.8) is 0 Å². The molecule has 2 aromatic rings. The van der Waals surface area contributed by atoms with Gasteiger partial charge in [-0.05, 0) is 32.0 Å². The predicted octanol–water partition coefficient (Wildman–Crippen LogP) is 3.15. The van der Waals surface area contributed by atoms with Gasteiger partial charge in [0.25, 0.3) is 5.91 Å². The SMILES string of the molecule is COc1ccc(C(=O)Nc2nc(CN3CC(C)OC(C)C3)cs2)cc1F. The maximum absolute atomic E-state index is 13.7. The van der Waals surface area contributed by atoms with Crippen molar-refractivity contribution in [1.29, 1.82) is 0 Å². The van der Waals surface area contributed by atoms with Crippen molar-refractivity contribution in [3.05, 3.63) is 40.7 Å². The molecule has 140 valence electrons. The first-order chi connectivity index (χ1) is 12.4. The molecule has 1 N–H and O–H groups in total. The van der Waals surface area contributed by atoms with Crippen LogP contribution < -0.4 is 10.1 Å². The zero-order valence-electron chi connectivity index (χ0n) is 15.0. The number of benzene rings is 1. The van der Waals surface area contributed by atoms with E-state index < -0.39 is 11.7 Å². The minimum absolute atomic E-state index is 0.104. The molecule has 26 heavy (non-hydrogen) atoms. The molecule has 0 radical (unpaired) electrons. The van der Waals surface area contributed by atoms with Crippen molar-refractivity contribution in [2.75, 3.05) is 25.5 Å². The summed E-state index contributed by atoms with van der Waals surface area (Å²) in [6, 6.07) is 4.10. The second-order valence-corrected chi connectivity index (χ2v) is 7.26. The molecule has 3 rings (SSSR count). The van der Waals surface area contributed by atoms with Crippen LogP contribution in [0.1, 0.15) is 29.9 Å². The summed E-state index contributed by atoms with van der Waals surface area (Å²) < 4.78 is 24.3. The summed E-state index contributed by atoms with van der Waals surface area (Å²) >= 11 is 1.36. The van der Waals surface area contributed by atoms with E-state index in [2.05, 4.69) is 29.0 Å². The van der Waals surface area contributed by atoms with Crippen LogP contribution in [0.2, 0.25) is 0 Å². The second kappa shape index (κ2) is 8.11. The summed E-state index contributed by atoms with van der Waals surface area (Å²) in [6.07, 6.45) is 0.392. The third-order valence-electron chi connectivity index (χ3n) is 4.07. The zero-order valence-corrected chi connectivity index (χ0v) is 15.8. The van der Waals surface area contributed by atoms with Crippen LogP contribution in [0.25, 0.3) is 0 Å². The minimum Gasteiger partial charge on any atom is -0.494 e. The van der Waals surface area contributed by atoms with Gasteiger partial charge in [-0.25, -0.2) is 9.37 Å². The van der Waals surface area contributed by atoms with Crippen LogP contribution in [-0.4, -0.2) is 48.2 Å². The first-order valence-electron chi connectivity index (χ1n) is 8.41. The fourth-order valence-corrected chi connectivity index (χ4v) is 3.75. The van der Waals surface area contributed by atoms with Gasteiger partial charge in [0.2, 0.25) is 0 Å². The molecular weight excluding hydrogens is 357 g/mol. The van der Waals surface area contributed by atoms with Crippen LogP contribution in [-0.2, 0) is 11.3 Å². The molecule has 1 fully saturated rings. The monoisotopic (exact) mass is 379 g/mol. The second-order valence-electron chi connectivity index (χ2n) is 6.40. The number of anilines is 1. The Labute approximate surface area is 155 Å². The maximum Gasteiger partial charge on any atom is 0.257 e. The van der Waals surface area contributed by atoms with E-state index in [0.29, 0.717) is 11.7 Å². The number of thiazole rings is 1. The number of methoxy groups -OCH3 is 1. The van der Waals surface area contributed by atoms with Gasteiger partial charge in [-0.1, -0.05) is 0 Å². The quantitative estimate of drug-likeness (QED) is 0.865. The number of rotatable bonds is 5. The molecule has 2 unspecified atom stereocenters. The van der Waals surface area contributed by atoms with Gasteiger partial charge in [-0.3, -0.25) is 15.0 Å². The maximum atomic E-state index is 13.7. The van der Waals surface area contributed by atoms with Gasteiger partial charge < -0.3 is 9.47 Å². The van der Waals surface area contributed by atoms with Gasteiger partial charge in [0.05, 0.1) is 25.0 Å². The molecule has 2 heterocycles. The topological polar surface area (TPSA) is 63.7 Å². The lowest BCUT2D eigenvalue weighted by molar-refractivity contribution is -0.0707. The number of nitrogens with one attached hydrogen (secondary N) is 1. The summed E-state index contributed by atoms with van der Waals surface area (Å²) in [4.78, 5) is 19.0. The van der Waals surface area contributed by atoms with Gasteiger partial charge in [0.15, 0.2) is 16.7 Å². The van der Waals surface area contributed by atoms with Gasteiger partial charge in [0, 0.05) is 30.6 Å². The first-order valence-corrected chi connectivity index (χ1v) is 9.29. The van der Waals surface area contributed by atoms with E-state index in [9.17, 15) is 9.18 Å². The molecule has 1 aliphatic rings. The molecule has 1 amide bonds. The lowest BCUT2D eigenvalue weighted by Gasteiger charge is -2.34. The molecule has 1 aliphatic heterocycles. The Balaban J connectivity index is 1.61. The molecular formula is C18H22FN3O3S. The molecule has 0 saturated carbocycles. The standard InChI is InChI=1S/C18H22FN3O3S/c1-11-7-22(8-12(2)25-11)9-14-10-26-18(20-14)21-17(23)13-4-5-16(24-3)15(19)6-13/h4-6,10-12H,7-9H2,1-3H3,(H,20,21,23). The highest BCUT2D eigenvalue weighted by Gasteiger charge is 2.23. The average Bonchev–Trinajstić information content (AvgIpc) is 3.00. The Morgan fingerprint density at radius 2 is 2.15 bits per heavy atom. The predicted molar refractivity (Wildman–Crippen MR) is 98.3 cm³/mol. The Bertz CT molecular complexity index is 773. The number of morpholine rings is 1. The van der Waals surface area contributed by atoms with Crippen molar-refractivity contribution < 1.29 is 18.7 Å². The Morgan fingerprint density at radius 3 is 2.81 bits per heavy atom. The van der Waals surface area contributed by atoms with Crippen molar-refractivity contribution in [1.82, 2.24) is 9.88 Å². The highest BCUT2D eigenvalue weighted by Crippen LogP contribution is 2.21. The van der Waals surface area contributed by atoms with Crippen LogP contribution in [0.4, 0.5) is 9.52 Å². The minimum atomic E-state index is -0.574. The lowest BCUT2D eigenvalue weighted by atomic mass is 10.2. The number of carbonyl (C=O) groups is 1. The number of halogens is 1. The average molecular weight is 379 g/mol. The zero-order chi connectivity index (χ0) is 18.7. The number of nitrogens with zero attached hydrogens (tertiary/aromatic N) is 2. The number of hydrogen-bond donors (Lipinski definition) is 1. The summed E-state index contributed by atoms with van der Waals surface area (Å²) in [7, 11) is 1.38. The van der Waals surface area contributed by atoms with E-state index >= 15 is 0 Å². The van der Waals surface area contributed by atoms with Gasteiger partial charge in [-0.15, -0.1) is 11.3 Å². The molecule has 0 spiro atoms. The third kappa shape index (κ3) is 4.57. The highest BCUT2D eigenvalue weighted by molar-refractivity contribution is 7.13. The summed E-state index contributed by atoms with van der Waals surface area (Å²) in [5.41, 5.74) is 1.11. The van der Waals surface area contributed by atoms with Gasteiger partial charge in [0.1, 0.15) is 0 Å². The van der Waals surface area contributed by atoms with E-state index in [1.54, 1.807) is 0 Å². The number of amides is 1. The van der Waals surface area contributed by atoms with Gasteiger partial charge in [-0.2, -0.15) is 0 Å². The lowest BCUT2D eigenvalue weighted by Crippen LogP contribution is -2.44. The fraction of sp³-hybridized carbons (Fsp3) is 0.444.